The summed E-state index contributed by atoms with van der Waals surface area (Å²) in [5.41, 5.74) is 0.935. The first-order chi connectivity index (χ1) is 15.3. The Bertz CT molecular complexity index is 1030. The fraction of sp³-hybridized carbons (Fsp3) is 0.647. The van der Waals surface area contributed by atoms with Gasteiger partial charge in [-0.15, -0.1) is 0 Å². The second-order valence-electron chi connectivity index (χ2n) is 7.50. The number of hydrogen-bond acceptors (Lipinski definition) is 10. The molecule has 1 saturated heterocycles. The van der Waals surface area contributed by atoms with Gasteiger partial charge in [-0.1, -0.05) is 0 Å². The van der Waals surface area contributed by atoms with E-state index in [1.54, 1.807) is 13.8 Å². The molecule has 33 heavy (non-hydrogen) atoms. The Kier molecular flexibility index (Phi) is 8.68. The molecular formula is C17H26FN4O10P. The van der Waals surface area contributed by atoms with E-state index in [-0.39, 0.29) is 0 Å². The van der Waals surface area contributed by atoms with E-state index in [2.05, 4.69) is 0 Å². The van der Waals surface area contributed by atoms with Gasteiger partial charge in [0.05, 0.1) is 19.3 Å². The molecule has 0 aliphatic carbocycles. The van der Waals surface area contributed by atoms with Crippen molar-refractivity contribution in [3.63, 3.8) is 0 Å². The van der Waals surface area contributed by atoms with Crippen LogP contribution < -0.4 is 22.1 Å². The Labute approximate surface area is 186 Å². The Morgan fingerprint density at radius 3 is 2.67 bits per heavy atom. The van der Waals surface area contributed by atoms with Crippen LogP contribution in [-0.4, -0.2) is 70.1 Å². The third-order valence-electron chi connectivity index (χ3n) is 4.41. The van der Waals surface area contributed by atoms with Crippen molar-refractivity contribution in [1.82, 2.24) is 14.6 Å². The van der Waals surface area contributed by atoms with E-state index < -0.39 is 80.8 Å². The number of nitrogens with one attached hydrogen (secondary N) is 2. The maximum absolute atomic E-state index is 15.7. The van der Waals surface area contributed by atoms with Crippen molar-refractivity contribution in [2.24, 2.45) is 5.73 Å². The van der Waals surface area contributed by atoms with Crippen LogP contribution in [0, 0.1) is 0 Å². The predicted molar refractivity (Wildman–Crippen MR) is 109 cm³/mol. The summed E-state index contributed by atoms with van der Waals surface area (Å²) < 4.78 is 48.8. The van der Waals surface area contributed by atoms with Crippen LogP contribution in [0.25, 0.3) is 0 Å². The molecule has 0 amide bonds. The summed E-state index contributed by atoms with van der Waals surface area (Å²) >= 11 is 0. The lowest BCUT2D eigenvalue weighted by molar-refractivity contribution is -0.156. The van der Waals surface area contributed by atoms with Gasteiger partial charge in [-0.05, 0) is 20.8 Å². The highest BCUT2D eigenvalue weighted by Crippen LogP contribution is 2.44. The van der Waals surface area contributed by atoms with E-state index in [4.69, 9.17) is 24.5 Å². The van der Waals surface area contributed by atoms with E-state index >= 15 is 4.39 Å². The average molecular weight is 496 g/mol. The molecule has 0 bridgehead atoms. The van der Waals surface area contributed by atoms with Gasteiger partial charge in [-0.2, -0.15) is 0 Å². The summed E-state index contributed by atoms with van der Waals surface area (Å²) in [6.07, 6.45) is -4.34. The minimum atomic E-state index is -4.59. The third-order valence-corrected chi connectivity index (χ3v) is 5.47. The highest BCUT2D eigenvalue weighted by molar-refractivity contribution is 7.50. The molecule has 0 radical (unpaired) electrons. The van der Waals surface area contributed by atoms with Crippen molar-refractivity contribution in [1.29, 1.82) is 0 Å². The molecule has 14 nitrogen and oxygen atoms in total. The summed E-state index contributed by atoms with van der Waals surface area (Å²) in [6.45, 7) is 2.12. The molecule has 0 aromatic carbocycles. The van der Waals surface area contributed by atoms with Crippen molar-refractivity contribution in [2.45, 2.75) is 51.0 Å². The highest BCUT2D eigenvalue weighted by atomic mass is 31.2. The van der Waals surface area contributed by atoms with E-state index in [1.807, 2.05) is 10.1 Å². The molecule has 1 aliphatic heterocycles. The molecule has 0 saturated carbocycles. The zero-order valence-corrected chi connectivity index (χ0v) is 19.0. The van der Waals surface area contributed by atoms with Gasteiger partial charge in [-0.25, -0.2) is 18.8 Å². The maximum atomic E-state index is 15.7. The fourth-order valence-electron chi connectivity index (χ4n) is 3.02. The Morgan fingerprint density at radius 2 is 2.09 bits per heavy atom. The number of nitrogens with two attached hydrogens (primary N) is 1. The minimum Gasteiger partial charge on any atom is -0.462 e. The number of hydrogen-bond donors (Lipinski definition) is 4. The van der Waals surface area contributed by atoms with Crippen molar-refractivity contribution in [2.75, 3.05) is 19.7 Å². The molecule has 186 valence electrons. The van der Waals surface area contributed by atoms with Crippen LogP contribution in [0.3, 0.4) is 0 Å². The van der Waals surface area contributed by atoms with Crippen LogP contribution in [0.5, 0.6) is 0 Å². The summed E-state index contributed by atoms with van der Waals surface area (Å²) in [7, 11) is -4.59. The molecular weight excluding hydrogens is 470 g/mol. The lowest BCUT2D eigenvalue weighted by Crippen LogP contribution is -2.46. The van der Waals surface area contributed by atoms with Crippen LogP contribution in [0.1, 0.15) is 27.0 Å². The van der Waals surface area contributed by atoms with Gasteiger partial charge in [0, 0.05) is 12.3 Å². The maximum Gasteiger partial charge on any atom is 0.403 e. The number of esters is 2. The molecule has 2 heterocycles. The highest BCUT2D eigenvalue weighted by Gasteiger charge is 2.58. The number of carbonyl (C=O) groups excluding carboxylic acids is 2. The van der Waals surface area contributed by atoms with E-state index in [0.29, 0.717) is 0 Å². The molecule has 2 unspecified atom stereocenters. The second kappa shape index (κ2) is 10.7. The topological polar surface area (TPSA) is 201 Å². The number of aromatic nitrogens is 2. The lowest BCUT2D eigenvalue weighted by Gasteiger charge is -2.27. The molecule has 2 rings (SSSR count). The van der Waals surface area contributed by atoms with Crippen LogP contribution >= 0.6 is 7.75 Å². The van der Waals surface area contributed by atoms with Gasteiger partial charge < -0.3 is 24.8 Å². The normalized spacial score (nSPS) is 26.7. The smallest absolute Gasteiger partial charge is 0.403 e. The first-order valence-electron chi connectivity index (χ1n) is 9.74. The van der Waals surface area contributed by atoms with Crippen LogP contribution in [0.2, 0.25) is 0 Å². The van der Waals surface area contributed by atoms with E-state index in [0.717, 1.165) is 23.8 Å². The predicted octanol–water partition coefficient (Wildman–Crippen LogP) is -1.31. The van der Waals surface area contributed by atoms with Gasteiger partial charge in [0.25, 0.3) is 5.56 Å². The molecule has 5 atom stereocenters. The number of H-pyrrole nitrogens is 1. The molecule has 1 fully saturated rings. The molecule has 1 aromatic heterocycles. The average Bonchev–Trinajstić information content (AvgIpc) is 2.94. The molecule has 5 N–H and O–H groups in total. The van der Waals surface area contributed by atoms with Gasteiger partial charge >= 0.3 is 25.4 Å². The quantitative estimate of drug-likeness (QED) is 0.220. The van der Waals surface area contributed by atoms with Gasteiger partial charge in [0.2, 0.25) is 0 Å². The lowest BCUT2D eigenvalue weighted by atomic mass is 9.98. The van der Waals surface area contributed by atoms with Gasteiger partial charge in [-0.3, -0.25) is 28.5 Å². The molecule has 1 aromatic rings. The van der Waals surface area contributed by atoms with Gasteiger partial charge in [0.15, 0.2) is 18.0 Å². The Hall–Kier alpha value is -2.42. The van der Waals surface area contributed by atoms with Crippen molar-refractivity contribution < 1.29 is 42.2 Å². The summed E-state index contributed by atoms with van der Waals surface area (Å²) in [6, 6.07) is 0.952. The monoisotopic (exact) mass is 496 g/mol. The van der Waals surface area contributed by atoms with Crippen molar-refractivity contribution in [3.05, 3.63) is 33.1 Å². The zero-order chi connectivity index (χ0) is 25.0. The van der Waals surface area contributed by atoms with Crippen molar-refractivity contribution >= 4 is 19.7 Å². The molecule has 16 heteroatoms. The number of alkyl halides is 1. The van der Waals surface area contributed by atoms with E-state index in [9.17, 15) is 28.6 Å². The minimum absolute atomic E-state index is 0.446. The van der Waals surface area contributed by atoms with Crippen molar-refractivity contribution in [3.8, 4) is 0 Å². The Morgan fingerprint density at radius 1 is 1.42 bits per heavy atom. The summed E-state index contributed by atoms with van der Waals surface area (Å²) in [4.78, 5) is 58.5. The first-order valence-corrected chi connectivity index (χ1v) is 11.3. The van der Waals surface area contributed by atoms with Crippen LogP contribution in [-0.2, 0) is 32.9 Å². The largest absolute Gasteiger partial charge is 0.462 e. The number of aromatic amines is 1. The zero-order valence-electron chi connectivity index (χ0n) is 18.1. The Balaban J connectivity index is 2.19. The van der Waals surface area contributed by atoms with Crippen LogP contribution in [0.4, 0.5) is 4.39 Å². The number of rotatable bonds is 10. The van der Waals surface area contributed by atoms with E-state index in [1.165, 1.54) is 0 Å². The third kappa shape index (κ3) is 7.03. The number of nitrogens with zero attached hydrogens (tertiary/aromatic N) is 1. The fourth-order valence-corrected chi connectivity index (χ4v) is 3.79. The van der Waals surface area contributed by atoms with Gasteiger partial charge in [0.1, 0.15) is 12.6 Å². The SMILES string of the molecule is CC(C)OC(=O)CNP(=O)(O)OC[C@H]1O[C@@H](n2ccc(=O)[nH]c2=O)[C@](C)(F)C1OC(=O)CN. The second-order valence-corrected chi connectivity index (χ2v) is 9.12. The summed E-state index contributed by atoms with van der Waals surface area (Å²) in [5.74, 6) is -1.82. The molecule has 1 aliphatic rings. The van der Waals surface area contributed by atoms with Crippen LogP contribution in [0.15, 0.2) is 21.9 Å². The number of halogens is 1. The molecule has 0 spiro atoms. The standard InChI is InChI=1S/C17H26FN4O10P/c1-9(2)30-13(25)7-20-33(27,28)29-8-10-14(32-12(24)6-19)17(3,18)15(31-10)22-5-4-11(23)21-16(22)26/h4-5,9-10,14-15H,6-8,19H2,1-3H3,(H2,20,27,28)(H,21,23,26)/t10-,14?,15-,17-/m1/s1. The summed E-state index contributed by atoms with van der Waals surface area (Å²) in [5, 5.41) is 1.98. The number of carbonyl (C=O) groups is 2. The first kappa shape index (κ1) is 26.8. The number of ether oxygens (including phenoxy) is 3.